The van der Waals surface area contributed by atoms with Crippen LogP contribution in [0, 0.1) is 17.8 Å². The van der Waals surface area contributed by atoms with Crippen LogP contribution in [0.4, 0.5) is 0 Å². The number of aromatic amines is 5. The molecule has 12 N–H and O–H groups in total. The number of allylic oxidation sites excluding steroid dienone is 1. The molecule has 5 aromatic heterocycles. The van der Waals surface area contributed by atoms with Crippen molar-refractivity contribution in [1.29, 1.82) is 0 Å². The molecule has 10 heterocycles. The molecule has 116 heavy (non-hydrogen) atoms. The molecule has 5 aliphatic rings. The number of Topliss-reactive ketones (excluding diaryl/α,β-unsaturated/α-hetero) is 3. The molecule has 5 aliphatic heterocycles. The molecule has 14 rings (SSSR count). The molecule has 9 amide bonds. The fraction of sp³-hybridized carbons (Fsp3) is 0.366. The van der Waals surface area contributed by atoms with Crippen molar-refractivity contribution >= 4 is 144 Å². The van der Waals surface area contributed by atoms with Gasteiger partial charge in [0.1, 0.15) is 54.1 Å². The third-order valence-electron chi connectivity index (χ3n) is 21.5. The number of benzene rings is 4. The van der Waals surface area contributed by atoms with Gasteiger partial charge < -0.3 is 71.9 Å². The van der Waals surface area contributed by atoms with Gasteiger partial charge in [-0.05, 0) is 40.8 Å². The van der Waals surface area contributed by atoms with Crippen LogP contribution in [0.3, 0.4) is 0 Å². The highest BCUT2D eigenvalue weighted by Gasteiger charge is 2.45. The van der Waals surface area contributed by atoms with Crippen LogP contribution in [0.5, 0.6) is 0 Å². The van der Waals surface area contributed by atoms with Gasteiger partial charge >= 0.3 is 0 Å². The molecule has 9 aromatic rings. The van der Waals surface area contributed by atoms with Crippen LogP contribution >= 0.6 is 45.1 Å². The first kappa shape index (κ1) is 81.2. The Morgan fingerprint density at radius 3 is 1.40 bits per heavy atom. The first-order valence-corrected chi connectivity index (χ1v) is 43.3. The molecule has 0 spiro atoms. The number of aliphatic imine (C=N–C) groups is 1. The number of para-hydroxylation sites is 2. The number of carbonyl (C=O) groups is 12. The van der Waals surface area contributed by atoms with E-state index in [1.54, 1.807) is 91.7 Å². The summed E-state index contributed by atoms with van der Waals surface area (Å²) >= 11 is 2.54. The van der Waals surface area contributed by atoms with Crippen molar-refractivity contribution in [2.75, 3.05) is 34.8 Å². The maximum absolute atomic E-state index is 16.1. The van der Waals surface area contributed by atoms with E-state index in [4.69, 9.17) is 0 Å². The van der Waals surface area contributed by atoms with E-state index in [0.717, 1.165) is 32.5 Å². The lowest BCUT2D eigenvalue weighted by molar-refractivity contribution is -0.142. The zero-order chi connectivity index (χ0) is 80.6. The number of thioether (sulfide) groups is 2. The summed E-state index contributed by atoms with van der Waals surface area (Å²) < 4.78 is 0. The first-order chi connectivity index (χ1) is 56.4. The minimum Gasteiger partial charge on any atom is -0.361 e. The minimum absolute atomic E-state index is 0.00313. The summed E-state index contributed by atoms with van der Waals surface area (Å²) in [5, 5.41) is 21.9. The number of aromatic nitrogens is 8. The van der Waals surface area contributed by atoms with Crippen molar-refractivity contribution in [3.8, 4) is 0 Å². The summed E-state index contributed by atoms with van der Waals surface area (Å²) in [6.07, 6.45) is 13.8. The highest BCUT2D eigenvalue weighted by molar-refractivity contribution is 8.76. The number of nitrogens with zero attached hydrogens (tertiary/aromatic N) is 6. The standard InChI is InChI=1S/C82H88N18O12S4/c101-71-29-53-38-115-116-39-68(82(112)100-46-114-41-70(100)80(110)97-67(32-57-37-85-44-91-57)79(109)94-64(23-48-14-5-2-6-15-48)75(105)92-62(30-54-16-11-21-86-54)72(102)27-49(71)24-51-33-87-60-19-9-7-17-58(51)60)98-77(107)65(26-52-34-88-61-20-10-8-18-59(52)61)95-78(108)66(31-56-36-84-43-90-56)96-76(106)63(22-47-12-3-1-4-13-47)93-74(104)50(25-55-35-83-42-89-55)28-73(103)69-40-113-45-99(69)81(53)111/h1-10,12-21,33-37,42-44,49-50,53,62-70,87-88H,11,22-32,38-41,45-46H2,(H,83,89)(H,84,90)(H,85,91)(H,92,105)(H,93,104)(H,94,109)(H,95,108)(H,96,106)(H,97,110)(H,98,107)/t49-,50-,53+,62+,63-,64-,65+,66+,67+,68+,69+,70+/m1/s1. The SMILES string of the molecule is O=C1C[C@H]2CSSC[C@H](NC(=O)[C@H](Cc3c[nH]c4ccccc34)NC(=O)[C@H](Cc3c[nH]cn3)NC(=O)[C@@H](Cc3ccccc3)NC(=O)[C@H](Cc3c[nH]cn3)CC(=O)[C@@H]3CSCN3C2=O)C(=O)N2CSC[C@H]2C(=O)N[C@@H](Cc2c[nH]cn2)C(=O)N[C@H](Cc2ccccc2)C(=O)N[C@@H](CC2=CCC=N2)C(=O)C[C@H]1Cc1c[nH]c2ccccc12. The molecule has 34 heteroatoms. The maximum atomic E-state index is 16.1. The highest BCUT2D eigenvalue weighted by Crippen LogP contribution is 2.35. The van der Waals surface area contributed by atoms with E-state index in [-0.39, 0.29) is 86.1 Å². The van der Waals surface area contributed by atoms with Crippen LogP contribution in [-0.2, 0) is 102 Å². The Hall–Kier alpha value is -11.4. The molecular weight excluding hydrogens is 1560 g/mol. The van der Waals surface area contributed by atoms with Crippen LogP contribution in [0.15, 0.2) is 176 Å². The second-order valence-electron chi connectivity index (χ2n) is 29.5. The van der Waals surface area contributed by atoms with Gasteiger partial charge in [-0.1, -0.05) is 125 Å². The lowest BCUT2D eigenvalue weighted by Gasteiger charge is -2.30. The summed E-state index contributed by atoms with van der Waals surface area (Å²) in [5.74, 6) is -12.5. The van der Waals surface area contributed by atoms with Crippen molar-refractivity contribution in [2.45, 2.75) is 131 Å². The zero-order valence-corrected chi connectivity index (χ0v) is 66.3. The molecular formula is C82H88N18O12S4. The topological polar surface area (TPSA) is 426 Å². The van der Waals surface area contributed by atoms with Gasteiger partial charge in [0, 0.05) is 164 Å². The summed E-state index contributed by atoms with van der Waals surface area (Å²) in [6, 6.07) is 19.9. The molecule has 0 radical (unpaired) electrons. The monoisotopic (exact) mass is 1640 g/mol. The summed E-state index contributed by atoms with van der Waals surface area (Å²) in [4.78, 5) is 223. The van der Waals surface area contributed by atoms with Crippen molar-refractivity contribution in [3.63, 3.8) is 0 Å². The van der Waals surface area contributed by atoms with Crippen molar-refractivity contribution in [1.82, 2.24) is 86.9 Å². The van der Waals surface area contributed by atoms with Gasteiger partial charge in [0.05, 0.1) is 65.7 Å². The van der Waals surface area contributed by atoms with E-state index in [1.807, 2.05) is 54.6 Å². The quantitative estimate of drug-likeness (QED) is 0.0572. The summed E-state index contributed by atoms with van der Waals surface area (Å²) in [5.41, 5.74) is 5.56. The van der Waals surface area contributed by atoms with Crippen LogP contribution in [0.2, 0.25) is 0 Å². The van der Waals surface area contributed by atoms with Gasteiger partial charge in [-0.3, -0.25) is 62.5 Å². The number of rotatable bonds is 16. The van der Waals surface area contributed by atoms with Crippen molar-refractivity contribution in [2.24, 2.45) is 22.7 Å². The average Bonchev–Trinajstić information content (AvgIpc) is 1.66. The van der Waals surface area contributed by atoms with Crippen LogP contribution in [-0.4, -0.2) is 216 Å². The van der Waals surface area contributed by atoms with Gasteiger partial charge in [0.25, 0.3) is 0 Å². The third kappa shape index (κ3) is 20.5. The Balaban J connectivity index is 0.882. The molecule has 30 nitrogen and oxygen atoms in total. The number of imidazole rings is 3. The Bertz CT molecular complexity index is 5100. The number of amides is 9. The first-order valence-electron chi connectivity index (χ1n) is 38.5. The van der Waals surface area contributed by atoms with E-state index in [0.29, 0.717) is 62.4 Å². The van der Waals surface area contributed by atoms with E-state index in [2.05, 4.69) is 82.1 Å². The molecule has 12 atom stereocenters. The molecule has 4 fully saturated rings. The Kier molecular flexibility index (Phi) is 26.9. The zero-order valence-electron chi connectivity index (χ0n) is 63.0. The average molecular weight is 1650 g/mol. The number of ketones is 3. The van der Waals surface area contributed by atoms with E-state index < -0.39 is 162 Å². The lowest BCUT2D eigenvalue weighted by atomic mass is 9.84. The molecule has 602 valence electrons. The van der Waals surface area contributed by atoms with Gasteiger partial charge in [0.2, 0.25) is 53.2 Å². The largest absolute Gasteiger partial charge is 0.361 e. The normalized spacial score (nSPS) is 25.2. The summed E-state index contributed by atoms with van der Waals surface area (Å²) in [7, 11) is 2.18. The number of fused-ring (bicyclic) bond motifs is 9. The number of hydrogen-bond donors (Lipinski definition) is 12. The molecule has 4 saturated heterocycles. The van der Waals surface area contributed by atoms with Gasteiger partial charge in [-0.25, -0.2) is 15.0 Å². The highest BCUT2D eigenvalue weighted by atomic mass is 33.1. The number of H-pyrrole nitrogens is 5. The van der Waals surface area contributed by atoms with E-state index >= 15 is 57.5 Å². The van der Waals surface area contributed by atoms with Gasteiger partial charge in [-0.15, -0.1) is 23.5 Å². The minimum atomic E-state index is -1.53. The number of nitrogens with one attached hydrogen (secondary N) is 12. The van der Waals surface area contributed by atoms with E-state index in [1.165, 1.54) is 58.5 Å². The van der Waals surface area contributed by atoms with Gasteiger partial charge in [0.15, 0.2) is 11.6 Å². The molecule has 2 bridgehead atoms. The predicted molar refractivity (Wildman–Crippen MR) is 441 cm³/mol. The fourth-order valence-electron chi connectivity index (χ4n) is 15.2. The molecule has 4 aromatic carbocycles. The third-order valence-corrected chi connectivity index (χ3v) is 26.0. The van der Waals surface area contributed by atoms with Crippen molar-refractivity contribution in [3.05, 3.63) is 210 Å². The van der Waals surface area contributed by atoms with Crippen LogP contribution < -0.4 is 37.2 Å². The molecule has 0 aliphatic carbocycles. The fourth-order valence-corrected chi connectivity index (χ4v) is 20.1. The van der Waals surface area contributed by atoms with Crippen molar-refractivity contribution < 1.29 is 57.5 Å². The van der Waals surface area contributed by atoms with Crippen LogP contribution in [0.1, 0.15) is 71.4 Å². The Labute approximate surface area is 683 Å². The van der Waals surface area contributed by atoms with E-state index in [9.17, 15) is 0 Å². The lowest BCUT2D eigenvalue weighted by Crippen LogP contribution is -2.61. The van der Waals surface area contributed by atoms with Gasteiger partial charge in [-0.2, -0.15) is 0 Å². The number of hydrogen-bond acceptors (Lipinski definition) is 20. The second kappa shape index (κ2) is 38.4. The predicted octanol–water partition coefficient (Wildman–Crippen LogP) is 4.90. The number of carbonyl (C=O) groups excluding carboxylic acids is 12. The Morgan fingerprint density at radius 2 is 0.845 bits per heavy atom. The smallest absolute Gasteiger partial charge is 0.247 e. The Morgan fingerprint density at radius 1 is 0.379 bits per heavy atom. The molecule has 0 saturated carbocycles. The maximum Gasteiger partial charge on any atom is 0.247 e. The van der Waals surface area contributed by atoms with Crippen LogP contribution in [0.25, 0.3) is 21.8 Å². The summed E-state index contributed by atoms with van der Waals surface area (Å²) in [6.45, 7) is 0. The molecule has 0 unspecified atom stereocenters. The second-order valence-corrected chi connectivity index (χ2v) is 34.0.